The van der Waals surface area contributed by atoms with E-state index in [1.807, 2.05) is 55.7 Å². The van der Waals surface area contributed by atoms with Gasteiger partial charge in [-0.1, -0.05) is 36.0 Å². The van der Waals surface area contributed by atoms with Gasteiger partial charge in [-0.2, -0.15) is 5.10 Å². The van der Waals surface area contributed by atoms with Crippen LogP contribution in [0, 0.1) is 0 Å². The number of hydrogen-bond acceptors (Lipinski definition) is 9. The van der Waals surface area contributed by atoms with E-state index in [4.69, 9.17) is 9.47 Å². The van der Waals surface area contributed by atoms with Gasteiger partial charge in [-0.15, -0.1) is 0 Å². The van der Waals surface area contributed by atoms with Gasteiger partial charge < -0.3 is 24.7 Å². The average Bonchev–Trinajstić information content (AvgIpc) is 3.48. The third kappa shape index (κ3) is 4.51. The number of para-hydroxylation sites is 2. The standard InChI is InChI=1S/C24H28N6O3S/c1-3-33-21-7-5-4-6-18(21)25-22(31)15-34-24-27-26-23-20-14-19(28-30(20)13-12-29(23)24)16-8-10-17(32-2)11-9-16/h4-13,19-20,23,26,28H,3,14-15H2,1-2H3,(H,25,31). The quantitative estimate of drug-likeness (QED) is 0.557. The number of carbonyl (C=O) groups excluding carboxylic acids is 1. The maximum absolute atomic E-state index is 12.6. The SMILES string of the molecule is CCOc1ccccc1NC(=O)CSC1=NNC2C3CC(c4ccc(OC)cc4)NN3C=CN12. The summed E-state index contributed by atoms with van der Waals surface area (Å²) in [5.41, 5.74) is 8.72. The molecule has 3 aliphatic rings. The van der Waals surface area contributed by atoms with Gasteiger partial charge in [-0.3, -0.25) is 10.2 Å². The van der Waals surface area contributed by atoms with Gasteiger partial charge in [0.2, 0.25) is 5.91 Å². The van der Waals surface area contributed by atoms with E-state index in [0.29, 0.717) is 18.0 Å². The molecule has 2 aromatic rings. The van der Waals surface area contributed by atoms with Crippen molar-refractivity contribution < 1.29 is 14.3 Å². The van der Waals surface area contributed by atoms with Crippen LogP contribution in [0.15, 0.2) is 66.0 Å². The van der Waals surface area contributed by atoms with E-state index in [2.05, 4.69) is 43.3 Å². The molecule has 0 spiro atoms. The van der Waals surface area contributed by atoms with Crippen LogP contribution < -0.4 is 25.6 Å². The fourth-order valence-corrected chi connectivity index (χ4v) is 5.14. The van der Waals surface area contributed by atoms with Gasteiger partial charge in [-0.05, 0) is 43.2 Å². The highest BCUT2D eigenvalue weighted by Crippen LogP contribution is 2.35. The molecular weight excluding hydrogens is 452 g/mol. The number of carbonyl (C=O) groups is 1. The molecule has 1 saturated heterocycles. The lowest BCUT2D eigenvalue weighted by molar-refractivity contribution is -0.113. The van der Waals surface area contributed by atoms with Crippen molar-refractivity contribution in [3.8, 4) is 11.5 Å². The van der Waals surface area contributed by atoms with Crippen LogP contribution in [0.4, 0.5) is 5.69 Å². The molecule has 3 aliphatic heterocycles. The van der Waals surface area contributed by atoms with E-state index >= 15 is 0 Å². The molecule has 0 saturated carbocycles. The monoisotopic (exact) mass is 480 g/mol. The van der Waals surface area contributed by atoms with Crippen LogP contribution in [0.25, 0.3) is 0 Å². The molecule has 2 aromatic carbocycles. The summed E-state index contributed by atoms with van der Waals surface area (Å²) in [5.74, 6) is 1.66. The number of amides is 1. The molecule has 3 N–H and O–H groups in total. The number of hydrazone groups is 1. The second kappa shape index (κ2) is 9.86. The molecule has 5 rings (SSSR count). The molecule has 3 atom stereocenters. The molecular formula is C24H28N6O3S. The Bertz CT molecular complexity index is 1090. The summed E-state index contributed by atoms with van der Waals surface area (Å²) < 4.78 is 10.9. The first-order chi connectivity index (χ1) is 16.7. The van der Waals surface area contributed by atoms with Crippen LogP contribution in [0.1, 0.15) is 24.9 Å². The highest BCUT2D eigenvalue weighted by molar-refractivity contribution is 8.14. The lowest BCUT2D eigenvalue weighted by Crippen LogP contribution is -2.54. The Hall–Kier alpha value is -3.37. The number of amidine groups is 1. The molecule has 34 heavy (non-hydrogen) atoms. The first kappa shape index (κ1) is 22.4. The topological polar surface area (TPSA) is 90.5 Å². The molecule has 3 heterocycles. The zero-order valence-electron chi connectivity index (χ0n) is 19.1. The average molecular weight is 481 g/mol. The number of fused-ring (bicyclic) bond motifs is 3. The van der Waals surface area contributed by atoms with Gasteiger partial charge in [-0.25, -0.2) is 5.43 Å². The highest BCUT2D eigenvalue weighted by Gasteiger charge is 2.44. The number of hydrazine groups is 1. The van der Waals surface area contributed by atoms with E-state index in [0.717, 1.165) is 17.3 Å². The Morgan fingerprint density at radius 3 is 2.82 bits per heavy atom. The van der Waals surface area contributed by atoms with E-state index in [-0.39, 0.29) is 29.9 Å². The minimum Gasteiger partial charge on any atom is -0.497 e. The molecule has 3 unspecified atom stereocenters. The molecule has 0 aliphatic carbocycles. The number of anilines is 1. The molecule has 1 amide bonds. The molecule has 0 aromatic heterocycles. The first-order valence-corrected chi connectivity index (χ1v) is 12.3. The maximum Gasteiger partial charge on any atom is 0.234 e. The number of nitrogens with zero attached hydrogens (tertiary/aromatic N) is 3. The summed E-state index contributed by atoms with van der Waals surface area (Å²) in [6, 6.07) is 16.0. The summed E-state index contributed by atoms with van der Waals surface area (Å²) in [6.07, 6.45) is 4.96. The number of hydrogen-bond donors (Lipinski definition) is 3. The van der Waals surface area contributed by atoms with Gasteiger partial charge in [0.1, 0.15) is 17.7 Å². The van der Waals surface area contributed by atoms with Crippen molar-refractivity contribution in [2.24, 2.45) is 5.10 Å². The largest absolute Gasteiger partial charge is 0.497 e. The summed E-state index contributed by atoms with van der Waals surface area (Å²) in [6.45, 7) is 2.46. The zero-order valence-corrected chi connectivity index (χ0v) is 19.9. The summed E-state index contributed by atoms with van der Waals surface area (Å²) in [7, 11) is 1.67. The molecule has 178 valence electrons. The fraction of sp³-hybridized carbons (Fsp3) is 0.333. The van der Waals surface area contributed by atoms with Gasteiger partial charge in [0, 0.05) is 12.4 Å². The smallest absolute Gasteiger partial charge is 0.234 e. The van der Waals surface area contributed by atoms with Crippen molar-refractivity contribution in [3.05, 3.63) is 66.5 Å². The number of methoxy groups -OCH3 is 1. The van der Waals surface area contributed by atoms with Gasteiger partial charge in [0.05, 0.1) is 37.2 Å². The fourth-order valence-electron chi connectivity index (χ4n) is 4.37. The Morgan fingerprint density at radius 2 is 2.03 bits per heavy atom. The van der Waals surface area contributed by atoms with Crippen molar-refractivity contribution >= 4 is 28.5 Å². The van der Waals surface area contributed by atoms with Gasteiger partial charge >= 0.3 is 0 Å². The molecule has 0 bridgehead atoms. The minimum absolute atomic E-state index is 0.00462. The Morgan fingerprint density at radius 1 is 1.21 bits per heavy atom. The predicted molar refractivity (Wildman–Crippen MR) is 133 cm³/mol. The van der Waals surface area contributed by atoms with Crippen LogP contribution in [0.5, 0.6) is 11.5 Å². The first-order valence-electron chi connectivity index (χ1n) is 11.3. The van der Waals surface area contributed by atoms with Crippen LogP contribution in [0.2, 0.25) is 0 Å². The number of rotatable bonds is 7. The Balaban J connectivity index is 1.17. The van der Waals surface area contributed by atoms with Crippen LogP contribution in [-0.4, -0.2) is 52.7 Å². The predicted octanol–water partition coefficient (Wildman–Crippen LogP) is 3.07. The zero-order chi connectivity index (χ0) is 23.5. The Labute approximate surface area is 203 Å². The lowest BCUT2D eigenvalue weighted by atomic mass is 10.00. The van der Waals surface area contributed by atoms with E-state index in [1.54, 1.807) is 7.11 Å². The normalized spacial score (nSPS) is 22.5. The number of benzene rings is 2. The number of nitrogens with one attached hydrogen (secondary N) is 3. The van der Waals surface area contributed by atoms with Crippen LogP contribution in [-0.2, 0) is 4.79 Å². The number of ether oxygens (including phenoxy) is 2. The minimum atomic E-state index is -0.104. The van der Waals surface area contributed by atoms with E-state index in [9.17, 15) is 4.79 Å². The summed E-state index contributed by atoms with van der Waals surface area (Å²) in [4.78, 5) is 14.7. The highest BCUT2D eigenvalue weighted by atomic mass is 32.2. The third-order valence-electron chi connectivity index (χ3n) is 6.02. The van der Waals surface area contributed by atoms with Crippen LogP contribution in [0.3, 0.4) is 0 Å². The second-order valence-corrected chi connectivity index (χ2v) is 9.05. The molecule has 1 fully saturated rings. The summed E-state index contributed by atoms with van der Waals surface area (Å²) in [5, 5.41) is 10.4. The second-order valence-electron chi connectivity index (χ2n) is 8.10. The molecule has 10 heteroatoms. The third-order valence-corrected chi connectivity index (χ3v) is 6.98. The van der Waals surface area contributed by atoms with E-state index in [1.165, 1.54) is 17.3 Å². The van der Waals surface area contributed by atoms with Crippen molar-refractivity contribution in [3.63, 3.8) is 0 Å². The maximum atomic E-state index is 12.6. The number of thioether (sulfide) groups is 1. The van der Waals surface area contributed by atoms with Gasteiger partial charge in [0.15, 0.2) is 5.17 Å². The van der Waals surface area contributed by atoms with Crippen molar-refractivity contribution in [1.29, 1.82) is 0 Å². The van der Waals surface area contributed by atoms with Crippen molar-refractivity contribution in [2.75, 3.05) is 24.8 Å². The van der Waals surface area contributed by atoms with Crippen molar-refractivity contribution in [1.82, 2.24) is 20.8 Å². The molecule has 9 nitrogen and oxygen atoms in total. The lowest BCUT2D eigenvalue weighted by Gasteiger charge is -2.36. The molecule has 0 radical (unpaired) electrons. The van der Waals surface area contributed by atoms with E-state index < -0.39 is 0 Å². The van der Waals surface area contributed by atoms with Crippen molar-refractivity contribution in [2.45, 2.75) is 31.6 Å². The van der Waals surface area contributed by atoms with Crippen LogP contribution >= 0.6 is 11.8 Å². The summed E-state index contributed by atoms with van der Waals surface area (Å²) >= 11 is 1.41. The van der Waals surface area contributed by atoms with Gasteiger partial charge in [0.25, 0.3) is 0 Å². The Kier molecular flexibility index (Phi) is 6.50.